The minimum atomic E-state index is 0. The lowest BCUT2D eigenvalue weighted by atomic mass is 9.93. The largest absolute Gasteiger partial charge is 0.268 e. The van der Waals surface area contributed by atoms with Gasteiger partial charge >= 0.3 is 0 Å². The molecular weight excluding hydrogens is 254 g/mol. The summed E-state index contributed by atoms with van der Waals surface area (Å²) in [5.74, 6) is 0. The van der Waals surface area contributed by atoms with E-state index in [9.17, 15) is 0 Å². The molecule has 0 aliphatic rings. The number of nitrogens with zero attached hydrogens (tertiary/aromatic N) is 3. The molecule has 0 N–H and O–H groups in total. The Morgan fingerprint density at radius 1 is 1.11 bits per heavy atom. The molecule has 19 heavy (non-hydrogen) atoms. The number of hydrogen-bond donors (Lipinski definition) is 0. The van der Waals surface area contributed by atoms with Gasteiger partial charge in [0.15, 0.2) is 0 Å². The normalized spacial score (nSPS) is 11.3. The third-order valence-corrected chi connectivity index (χ3v) is 2.98. The molecule has 0 saturated heterocycles. The van der Waals surface area contributed by atoms with Crippen molar-refractivity contribution >= 4 is 11.3 Å². The molecule has 4 heteroatoms. The highest BCUT2D eigenvalue weighted by Gasteiger charge is 2.14. The molecule has 0 aromatic carbocycles. The SMILES string of the molecule is C.CC(C)(C)c1cscn1.CC(C)(C)n1cccn1. The molecule has 2 heterocycles. The van der Waals surface area contributed by atoms with Gasteiger partial charge in [-0.1, -0.05) is 28.2 Å². The summed E-state index contributed by atoms with van der Waals surface area (Å²) in [6.45, 7) is 12.9. The van der Waals surface area contributed by atoms with Crippen LogP contribution < -0.4 is 0 Å². The summed E-state index contributed by atoms with van der Waals surface area (Å²) in [4.78, 5) is 4.21. The molecule has 0 amide bonds. The molecule has 0 aliphatic carbocycles. The Labute approximate surface area is 121 Å². The van der Waals surface area contributed by atoms with E-state index in [1.165, 1.54) is 5.69 Å². The van der Waals surface area contributed by atoms with Gasteiger partial charge in [-0.05, 0) is 26.8 Å². The van der Waals surface area contributed by atoms with Crippen molar-refractivity contribution in [3.63, 3.8) is 0 Å². The van der Waals surface area contributed by atoms with E-state index in [0.29, 0.717) is 0 Å². The highest BCUT2D eigenvalue weighted by Crippen LogP contribution is 2.20. The number of aromatic nitrogens is 3. The Hall–Kier alpha value is -1.16. The second kappa shape index (κ2) is 6.85. The number of thiazole rings is 1. The highest BCUT2D eigenvalue weighted by atomic mass is 32.1. The molecule has 2 rings (SSSR count). The zero-order chi connectivity index (χ0) is 13.8. The lowest BCUT2D eigenvalue weighted by Gasteiger charge is -2.18. The highest BCUT2D eigenvalue weighted by molar-refractivity contribution is 7.07. The molecule has 2 aromatic rings. The smallest absolute Gasteiger partial charge is 0.0794 e. The summed E-state index contributed by atoms with van der Waals surface area (Å²) in [6.07, 6.45) is 3.77. The van der Waals surface area contributed by atoms with Crippen molar-refractivity contribution in [2.45, 2.75) is 59.9 Å². The van der Waals surface area contributed by atoms with Crippen LogP contribution in [0.15, 0.2) is 29.4 Å². The molecular formula is C15H27N3S. The van der Waals surface area contributed by atoms with Gasteiger partial charge in [-0.25, -0.2) is 4.98 Å². The maximum absolute atomic E-state index is 4.21. The Bertz CT molecular complexity index is 386. The van der Waals surface area contributed by atoms with E-state index in [4.69, 9.17) is 0 Å². The molecule has 3 nitrogen and oxygen atoms in total. The van der Waals surface area contributed by atoms with Crippen molar-refractivity contribution in [2.24, 2.45) is 0 Å². The van der Waals surface area contributed by atoms with Crippen LogP contribution in [-0.4, -0.2) is 14.8 Å². The lowest BCUT2D eigenvalue weighted by molar-refractivity contribution is 0.355. The van der Waals surface area contributed by atoms with Gasteiger partial charge in [-0.15, -0.1) is 11.3 Å². The Morgan fingerprint density at radius 2 is 1.74 bits per heavy atom. The van der Waals surface area contributed by atoms with Gasteiger partial charge in [0.05, 0.1) is 16.7 Å². The van der Waals surface area contributed by atoms with Gasteiger partial charge < -0.3 is 0 Å². The van der Waals surface area contributed by atoms with Crippen molar-refractivity contribution in [2.75, 3.05) is 0 Å². The average Bonchev–Trinajstić information content (AvgIpc) is 2.91. The zero-order valence-corrected chi connectivity index (χ0v) is 13.0. The predicted molar refractivity (Wildman–Crippen MR) is 84.8 cm³/mol. The molecule has 0 saturated carbocycles. The zero-order valence-electron chi connectivity index (χ0n) is 12.1. The quantitative estimate of drug-likeness (QED) is 0.700. The van der Waals surface area contributed by atoms with E-state index in [0.717, 1.165) is 0 Å². The van der Waals surface area contributed by atoms with Crippen LogP contribution in [0.1, 0.15) is 54.7 Å². The van der Waals surface area contributed by atoms with Crippen LogP contribution in [0.25, 0.3) is 0 Å². The maximum Gasteiger partial charge on any atom is 0.0794 e. The minimum absolute atomic E-state index is 0. The van der Waals surface area contributed by atoms with Crippen LogP contribution in [-0.2, 0) is 11.0 Å². The fourth-order valence-electron chi connectivity index (χ4n) is 1.25. The van der Waals surface area contributed by atoms with Gasteiger partial charge in [0, 0.05) is 23.2 Å². The first kappa shape index (κ1) is 17.8. The third-order valence-electron chi connectivity index (χ3n) is 2.39. The summed E-state index contributed by atoms with van der Waals surface area (Å²) < 4.78 is 1.94. The van der Waals surface area contributed by atoms with E-state index in [2.05, 4.69) is 57.0 Å². The van der Waals surface area contributed by atoms with Crippen LogP contribution in [0.3, 0.4) is 0 Å². The minimum Gasteiger partial charge on any atom is -0.268 e. The van der Waals surface area contributed by atoms with E-state index in [1.54, 1.807) is 17.5 Å². The first-order valence-corrected chi connectivity index (χ1v) is 7.04. The second-order valence-electron chi connectivity index (χ2n) is 6.25. The molecule has 0 spiro atoms. The van der Waals surface area contributed by atoms with E-state index in [1.807, 2.05) is 22.5 Å². The summed E-state index contributed by atoms with van der Waals surface area (Å²) in [7, 11) is 0. The Kier molecular flexibility index (Phi) is 6.43. The summed E-state index contributed by atoms with van der Waals surface area (Å²) >= 11 is 1.66. The Morgan fingerprint density at radius 3 is 1.95 bits per heavy atom. The van der Waals surface area contributed by atoms with Crippen LogP contribution in [0, 0.1) is 0 Å². The van der Waals surface area contributed by atoms with Crippen molar-refractivity contribution < 1.29 is 0 Å². The molecule has 108 valence electrons. The van der Waals surface area contributed by atoms with Gasteiger partial charge in [-0.2, -0.15) is 5.10 Å². The van der Waals surface area contributed by atoms with Crippen molar-refractivity contribution in [1.29, 1.82) is 0 Å². The molecule has 0 aliphatic heterocycles. The monoisotopic (exact) mass is 281 g/mol. The van der Waals surface area contributed by atoms with Crippen LogP contribution in [0.2, 0.25) is 0 Å². The van der Waals surface area contributed by atoms with Gasteiger partial charge in [0.1, 0.15) is 0 Å². The Balaban J connectivity index is 0.000000324. The standard InChI is InChI=1S/C7H12N2.C7H11NS.CH4/c1-7(2,3)9-6-4-5-8-9;1-7(2,3)6-4-9-5-8-6;/h4-6H,1-3H3;4-5H,1-3H3;1H4. The molecule has 0 fully saturated rings. The van der Waals surface area contributed by atoms with E-state index < -0.39 is 0 Å². The van der Waals surface area contributed by atoms with Crippen LogP contribution in [0.4, 0.5) is 0 Å². The predicted octanol–water partition coefficient (Wildman–Crippen LogP) is 4.71. The summed E-state index contributed by atoms with van der Waals surface area (Å²) in [6, 6.07) is 1.94. The molecule has 0 bridgehead atoms. The molecule has 0 unspecified atom stereocenters. The van der Waals surface area contributed by atoms with Crippen LogP contribution >= 0.6 is 11.3 Å². The second-order valence-corrected chi connectivity index (χ2v) is 6.96. The van der Waals surface area contributed by atoms with Gasteiger partial charge in [-0.3, -0.25) is 4.68 Å². The maximum atomic E-state index is 4.21. The van der Waals surface area contributed by atoms with Crippen molar-refractivity contribution in [3.05, 3.63) is 35.0 Å². The van der Waals surface area contributed by atoms with Crippen molar-refractivity contribution in [1.82, 2.24) is 14.8 Å². The fraction of sp³-hybridized carbons (Fsp3) is 0.600. The fourth-order valence-corrected chi connectivity index (χ4v) is 2.03. The van der Waals surface area contributed by atoms with E-state index >= 15 is 0 Å². The van der Waals surface area contributed by atoms with E-state index in [-0.39, 0.29) is 18.4 Å². The summed E-state index contributed by atoms with van der Waals surface area (Å²) in [5, 5.41) is 6.20. The van der Waals surface area contributed by atoms with Gasteiger partial charge in [0.25, 0.3) is 0 Å². The molecule has 0 atom stereocenters. The van der Waals surface area contributed by atoms with Gasteiger partial charge in [0.2, 0.25) is 0 Å². The topological polar surface area (TPSA) is 30.7 Å². The van der Waals surface area contributed by atoms with Crippen molar-refractivity contribution in [3.8, 4) is 0 Å². The number of hydrogen-bond acceptors (Lipinski definition) is 3. The number of rotatable bonds is 0. The first-order valence-electron chi connectivity index (χ1n) is 6.10. The third kappa shape index (κ3) is 6.01. The molecule has 2 aromatic heterocycles. The first-order chi connectivity index (χ1) is 8.21. The lowest BCUT2D eigenvalue weighted by Crippen LogP contribution is -2.21. The summed E-state index contributed by atoms with van der Waals surface area (Å²) in [5.41, 5.74) is 3.41. The average molecular weight is 281 g/mol. The van der Waals surface area contributed by atoms with Crippen LogP contribution in [0.5, 0.6) is 0 Å². The molecule has 0 radical (unpaired) electrons.